The molecule has 0 aromatic rings. The standard InChI is InChI=1S/C14H24O10/c1-12(5-15,6-16)9(19)23-14(3,11(21)22-4)24-10(20)13(2,7-17)8-18/h15-18H,5-8H2,1-4H3. The Morgan fingerprint density at radius 1 is 0.708 bits per heavy atom. The predicted molar refractivity (Wildman–Crippen MR) is 77.2 cm³/mol. The quantitative estimate of drug-likeness (QED) is 0.268. The average molecular weight is 352 g/mol. The van der Waals surface area contributed by atoms with E-state index >= 15 is 0 Å². The molecule has 0 rings (SSSR count). The molecule has 0 aromatic carbocycles. The van der Waals surface area contributed by atoms with E-state index in [1.807, 2.05) is 0 Å². The lowest BCUT2D eigenvalue weighted by Gasteiger charge is -2.33. The Labute approximate surface area is 138 Å². The van der Waals surface area contributed by atoms with Crippen molar-refractivity contribution in [2.75, 3.05) is 33.5 Å². The zero-order chi connectivity index (χ0) is 19.2. The maximum atomic E-state index is 12.1. The third-order valence-corrected chi connectivity index (χ3v) is 3.51. The molecular formula is C14H24O10. The van der Waals surface area contributed by atoms with Gasteiger partial charge >= 0.3 is 23.7 Å². The summed E-state index contributed by atoms with van der Waals surface area (Å²) in [4.78, 5) is 36.1. The summed E-state index contributed by atoms with van der Waals surface area (Å²) >= 11 is 0. The van der Waals surface area contributed by atoms with Gasteiger partial charge in [-0.15, -0.1) is 0 Å². The van der Waals surface area contributed by atoms with E-state index in [0.717, 1.165) is 14.0 Å². The van der Waals surface area contributed by atoms with E-state index in [1.165, 1.54) is 13.8 Å². The Balaban J connectivity index is 5.57. The minimum atomic E-state index is -2.54. The van der Waals surface area contributed by atoms with E-state index in [1.54, 1.807) is 0 Å². The predicted octanol–water partition coefficient (Wildman–Crippen LogP) is -2.06. The summed E-state index contributed by atoms with van der Waals surface area (Å²) < 4.78 is 14.1. The van der Waals surface area contributed by atoms with Crippen molar-refractivity contribution in [1.82, 2.24) is 0 Å². The van der Waals surface area contributed by atoms with Gasteiger partial charge in [-0.25, -0.2) is 4.79 Å². The Morgan fingerprint density at radius 2 is 1.00 bits per heavy atom. The minimum absolute atomic E-state index is 0.793. The number of esters is 3. The number of hydrogen-bond donors (Lipinski definition) is 4. The van der Waals surface area contributed by atoms with E-state index in [4.69, 9.17) is 9.47 Å². The molecule has 0 aliphatic heterocycles. The van der Waals surface area contributed by atoms with Gasteiger partial charge in [0, 0.05) is 6.92 Å². The lowest BCUT2D eigenvalue weighted by Crippen LogP contribution is -2.52. The number of methoxy groups -OCH3 is 1. The van der Waals surface area contributed by atoms with E-state index in [2.05, 4.69) is 4.74 Å². The van der Waals surface area contributed by atoms with Crippen molar-refractivity contribution in [3.63, 3.8) is 0 Å². The lowest BCUT2D eigenvalue weighted by atomic mass is 9.93. The summed E-state index contributed by atoms with van der Waals surface area (Å²) in [7, 11) is 0.955. The van der Waals surface area contributed by atoms with Crippen molar-refractivity contribution in [3.8, 4) is 0 Å². The number of carbonyl (C=O) groups is 3. The second-order valence-electron chi connectivity index (χ2n) is 5.97. The van der Waals surface area contributed by atoms with Crippen molar-refractivity contribution in [1.29, 1.82) is 0 Å². The van der Waals surface area contributed by atoms with Crippen LogP contribution in [0.25, 0.3) is 0 Å². The van der Waals surface area contributed by atoms with Gasteiger partial charge in [-0.05, 0) is 13.8 Å². The fourth-order valence-electron chi connectivity index (χ4n) is 1.25. The monoisotopic (exact) mass is 352 g/mol. The highest BCUT2D eigenvalue weighted by Gasteiger charge is 2.50. The van der Waals surface area contributed by atoms with Gasteiger partial charge in [0.05, 0.1) is 33.5 Å². The normalized spacial score (nSPS) is 12.5. The number of carbonyl (C=O) groups excluding carboxylic acids is 3. The Bertz CT molecular complexity index is 432. The average Bonchev–Trinajstić information content (AvgIpc) is 2.58. The Hall–Kier alpha value is -1.75. The number of rotatable bonds is 9. The first-order valence-electron chi connectivity index (χ1n) is 6.97. The van der Waals surface area contributed by atoms with Crippen molar-refractivity contribution < 1.29 is 49.0 Å². The molecule has 0 aliphatic rings. The van der Waals surface area contributed by atoms with Crippen molar-refractivity contribution >= 4 is 17.9 Å². The van der Waals surface area contributed by atoms with E-state index in [0.29, 0.717) is 0 Å². The lowest BCUT2D eigenvalue weighted by molar-refractivity contribution is -0.244. The molecule has 10 nitrogen and oxygen atoms in total. The summed E-state index contributed by atoms with van der Waals surface area (Å²) in [6, 6.07) is 0. The molecule has 0 unspecified atom stereocenters. The summed E-state index contributed by atoms with van der Waals surface area (Å²) in [6.07, 6.45) is 0. The third kappa shape index (κ3) is 4.63. The second kappa shape index (κ2) is 8.38. The SMILES string of the molecule is COC(=O)C(C)(OC(=O)C(C)(CO)CO)OC(=O)C(C)(CO)CO. The molecule has 0 aliphatic carbocycles. The highest BCUT2D eigenvalue weighted by Crippen LogP contribution is 2.27. The molecular weight excluding hydrogens is 328 g/mol. The molecule has 0 bridgehead atoms. The second-order valence-corrected chi connectivity index (χ2v) is 5.97. The van der Waals surface area contributed by atoms with Crippen LogP contribution in [0.5, 0.6) is 0 Å². The molecule has 4 N–H and O–H groups in total. The smallest absolute Gasteiger partial charge is 0.392 e. The van der Waals surface area contributed by atoms with Crippen LogP contribution in [0.1, 0.15) is 20.8 Å². The van der Waals surface area contributed by atoms with Gasteiger partial charge in [-0.3, -0.25) is 9.59 Å². The Kier molecular flexibility index (Phi) is 7.77. The first-order valence-corrected chi connectivity index (χ1v) is 6.97. The van der Waals surface area contributed by atoms with Crippen LogP contribution in [0.3, 0.4) is 0 Å². The van der Waals surface area contributed by atoms with Crippen LogP contribution in [0.2, 0.25) is 0 Å². The van der Waals surface area contributed by atoms with Crippen molar-refractivity contribution in [2.24, 2.45) is 10.8 Å². The molecule has 0 heterocycles. The van der Waals surface area contributed by atoms with Crippen LogP contribution in [-0.4, -0.2) is 77.7 Å². The van der Waals surface area contributed by atoms with Crippen LogP contribution < -0.4 is 0 Å². The van der Waals surface area contributed by atoms with Crippen molar-refractivity contribution in [2.45, 2.75) is 26.6 Å². The molecule has 0 amide bonds. The molecule has 0 saturated carbocycles. The van der Waals surface area contributed by atoms with Crippen LogP contribution in [0.15, 0.2) is 0 Å². The number of hydrogen-bond acceptors (Lipinski definition) is 10. The maximum Gasteiger partial charge on any atom is 0.392 e. The zero-order valence-electron chi connectivity index (χ0n) is 14.1. The summed E-state index contributed by atoms with van der Waals surface area (Å²) in [5, 5.41) is 36.7. The zero-order valence-corrected chi connectivity index (χ0v) is 14.1. The molecule has 0 fully saturated rings. The highest BCUT2D eigenvalue weighted by atomic mass is 16.8. The van der Waals surface area contributed by atoms with Gasteiger partial charge in [0.15, 0.2) is 0 Å². The fourth-order valence-corrected chi connectivity index (χ4v) is 1.25. The molecule has 0 atom stereocenters. The first kappa shape index (κ1) is 22.2. The molecule has 10 heteroatoms. The van der Waals surface area contributed by atoms with E-state index < -0.39 is 61.0 Å². The summed E-state index contributed by atoms with van der Waals surface area (Å²) in [5.41, 5.74) is -3.50. The van der Waals surface area contributed by atoms with Crippen LogP contribution in [0.4, 0.5) is 0 Å². The number of aliphatic hydroxyl groups is 4. The van der Waals surface area contributed by atoms with Crippen molar-refractivity contribution in [3.05, 3.63) is 0 Å². The minimum Gasteiger partial charge on any atom is -0.463 e. The van der Waals surface area contributed by atoms with Crippen LogP contribution in [-0.2, 0) is 28.6 Å². The molecule has 0 radical (unpaired) electrons. The van der Waals surface area contributed by atoms with Gasteiger partial charge in [-0.1, -0.05) is 0 Å². The van der Waals surface area contributed by atoms with Gasteiger partial charge in [0.25, 0.3) is 0 Å². The van der Waals surface area contributed by atoms with Gasteiger partial charge < -0.3 is 34.6 Å². The third-order valence-electron chi connectivity index (χ3n) is 3.51. The molecule has 140 valence electrons. The van der Waals surface area contributed by atoms with E-state index in [9.17, 15) is 34.8 Å². The maximum absolute atomic E-state index is 12.1. The molecule has 24 heavy (non-hydrogen) atoms. The van der Waals surface area contributed by atoms with Gasteiger partial charge in [0.1, 0.15) is 10.8 Å². The largest absolute Gasteiger partial charge is 0.463 e. The summed E-state index contributed by atoms with van der Waals surface area (Å²) in [6.45, 7) is 0.0773. The topological polar surface area (TPSA) is 160 Å². The van der Waals surface area contributed by atoms with Crippen LogP contribution >= 0.6 is 0 Å². The first-order chi connectivity index (χ1) is 11.0. The van der Waals surface area contributed by atoms with Gasteiger partial charge in [0.2, 0.25) is 0 Å². The van der Waals surface area contributed by atoms with Gasteiger partial charge in [-0.2, -0.15) is 0 Å². The number of ether oxygens (including phenoxy) is 3. The summed E-state index contributed by atoms with van der Waals surface area (Å²) in [5.74, 6) is -6.23. The van der Waals surface area contributed by atoms with E-state index in [-0.39, 0.29) is 0 Å². The Morgan fingerprint density at radius 3 is 1.21 bits per heavy atom. The molecule has 0 saturated heterocycles. The molecule has 0 aromatic heterocycles. The highest BCUT2D eigenvalue weighted by molar-refractivity contribution is 5.87. The van der Waals surface area contributed by atoms with Crippen LogP contribution in [0, 0.1) is 10.8 Å². The number of aliphatic hydroxyl groups excluding tert-OH is 4. The fraction of sp³-hybridized carbons (Fsp3) is 0.786. The molecule has 0 spiro atoms.